The molecule has 0 saturated carbocycles. The molecule has 0 aliphatic carbocycles. The second-order valence-electron chi connectivity index (χ2n) is 5.00. The molecule has 0 aromatic heterocycles. The van der Waals surface area contributed by atoms with E-state index in [0.717, 1.165) is 0 Å². The molecular weight excluding hydrogens is 342 g/mol. The van der Waals surface area contributed by atoms with Gasteiger partial charge in [0.2, 0.25) is 5.91 Å². The third kappa shape index (κ3) is 7.65. The predicted molar refractivity (Wildman–Crippen MR) is 92.6 cm³/mol. The minimum Gasteiger partial charge on any atom is -0.493 e. The molecule has 142 valence electrons. The van der Waals surface area contributed by atoms with Gasteiger partial charge in [0.25, 0.3) is 11.8 Å². The number of rotatable bonds is 10. The highest BCUT2D eigenvalue weighted by Crippen LogP contribution is 2.17. The average molecular weight is 365 g/mol. The highest BCUT2D eigenvalue weighted by molar-refractivity contribution is 5.98. The minimum absolute atomic E-state index is 0.199. The number of hydrogen-bond donors (Lipinski definition) is 3. The number of carbonyl (C=O) groups excluding carboxylic acids is 4. The zero-order valence-electron chi connectivity index (χ0n) is 14.8. The molecule has 1 aromatic rings. The summed E-state index contributed by atoms with van der Waals surface area (Å²) in [5.41, 5.74) is 0.293. The third-order valence-corrected chi connectivity index (χ3v) is 3.01. The van der Waals surface area contributed by atoms with Gasteiger partial charge in [-0.15, -0.1) is 0 Å². The van der Waals surface area contributed by atoms with Crippen LogP contribution in [0.25, 0.3) is 0 Å². The van der Waals surface area contributed by atoms with Crippen molar-refractivity contribution in [3.8, 4) is 5.75 Å². The Morgan fingerprint density at radius 1 is 0.923 bits per heavy atom. The van der Waals surface area contributed by atoms with Crippen molar-refractivity contribution in [2.45, 2.75) is 13.8 Å². The van der Waals surface area contributed by atoms with Crippen LogP contribution in [0.4, 0.5) is 0 Å². The van der Waals surface area contributed by atoms with E-state index in [-0.39, 0.29) is 12.5 Å². The number of ether oxygens (including phenoxy) is 2. The van der Waals surface area contributed by atoms with Crippen molar-refractivity contribution in [3.05, 3.63) is 29.8 Å². The Balaban J connectivity index is 2.35. The zero-order chi connectivity index (χ0) is 19.4. The van der Waals surface area contributed by atoms with Crippen molar-refractivity contribution in [1.29, 1.82) is 0 Å². The molecule has 9 nitrogen and oxygen atoms in total. The van der Waals surface area contributed by atoms with Gasteiger partial charge in [0.1, 0.15) is 12.3 Å². The lowest BCUT2D eigenvalue weighted by molar-refractivity contribution is -0.147. The number of benzene rings is 1. The van der Waals surface area contributed by atoms with Gasteiger partial charge in [0.05, 0.1) is 18.7 Å². The quantitative estimate of drug-likeness (QED) is 0.485. The summed E-state index contributed by atoms with van der Waals surface area (Å²) in [4.78, 5) is 46.3. The Bertz CT molecular complexity index is 647. The van der Waals surface area contributed by atoms with Gasteiger partial charge in [-0.05, 0) is 26.0 Å². The van der Waals surface area contributed by atoms with E-state index in [0.29, 0.717) is 24.5 Å². The first-order valence-corrected chi connectivity index (χ1v) is 8.16. The van der Waals surface area contributed by atoms with E-state index >= 15 is 0 Å². The highest BCUT2D eigenvalue weighted by atomic mass is 16.5. The van der Waals surface area contributed by atoms with Gasteiger partial charge in [0, 0.05) is 6.54 Å². The largest absolute Gasteiger partial charge is 0.493 e. The second kappa shape index (κ2) is 11.5. The van der Waals surface area contributed by atoms with Gasteiger partial charge >= 0.3 is 5.97 Å². The summed E-state index contributed by atoms with van der Waals surface area (Å²) in [5, 5.41) is 7.21. The van der Waals surface area contributed by atoms with Gasteiger partial charge in [-0.2, -0.15) is 0 Å². The number of para-hydroxylation sites is 1. The number of carbonyl (C=O) groups is 4. The van der Waals surface area contributed by atoms with Gasteiger partial charge in [-0.3, -0.25) is 19.2 Å². The van der Waals surface area contributed by atoms with E-state index in [1.165, 1.54) is 0 Å². The Kier molecular flexibility index (Phi) is 9.23. The van der Waals surface area contributed by atoms with Crippen LogP contribution in [0.2, 0.25) is 0 Å². The summed E-state index contributed by atoms with van der Waals surface area (Å²) in [6, 6.07) is 6.63. The predicted octanol–water partition coefficient (Wildman–Crippen LogP) is -0.389. The molecule has 0 atom stereocenters. The molecule has 9 heteroatoms. The van der Waals surface area contributed by atoms with E-state index in [4.69, 9.17) is 9.47 Å². The van der Waals surface area contributed by atoms with Crippen LogP contribution >= 0.6 is 0 Å². The fraction of sp³-hybridized carbons (Fsp3) is 0.412. The van der Waals surface area contributed by atoms with Crippen molar-refractivity contribution in [2.75, 3.05) is 32.8 Å². The van der Waals surface area contributed by atoms with Crippen molar-refractivity contribution in [2.24, 2.45) is 0 Å². The topological polar surface area (TPSA) is 123 Å². The molecule has 1 rings (SSSR count). The Morgan fingerprint density at radius 3 is 2.35 bits per heavy atom. The number of likely N-dealkylation sites (N-methyl/N-ethyl adjacent to an activating group) is 1. The number of esters is 1. The summed E-state index contributed by atoms with van der Waals surface area (Å²) in [6.45, 7) is 3.26. The lowest BCUT2D eigenvalue weighted by Gasteiger charge is -2.10. The maximum Gasteiger partial charge on any atom is 0.325 e. The number of nitrogens with one attached hydrogen (secondary N) is 3. The lowest BCUT2D eigenvalue weighted by atomic mass is 10.2. The summed E-state index contributed by atoms with van der Waals surface area (Å²) in [7, 11) is 0. The normalized spacial score (nSPS) is 9.77. The molecule has 0 unspecified atom stereocenters. The monoisotopic (exact) mass is 365 g/mol. The molecule has 0 fully saturated rings. The highest BCUT2D eigenvalue weighted by Gasteiger charge is 2.14. The van der Waals surface area contributed by atoms with Crippen molar-refractivity contribution >= 4 is 23.7 Å². The van der Waals surface area contributed by atoms with E-state index in [9.17, 15) is 19.2 Å². The molecule has 0 heterocycles. The Labute approximate surface area is 151 Å². The van der Waals surface area contributed by atoms with Gasteiger partial charge < -0.3 is 25.4 Å². The first-order valence-electron chi connectivity index (χ1n) is 8.16. The SMILES string of the molecule is CCNC(=O)CNC(=O)COC(=O)CNC(=O)c1ccccc1OCC. The van der Waals surface area contributed by atoms with Crippen molar-refractivity contribution in [3.63, 3.8) is 0 Å². The second-order valence-corrected chi connectivity index (χ2v) is 5.00. The van der Waals surface area contributed by atoms with Crippen LogP contribution in [-0.4, -0.2) is 56.5 Å². The molecule has 0 saturated heterocycles. The van der Waals surface area contributed by atoms with E-state index in [2.05, 4.69) is 16.0 Å². The van der Waals surface area contributed by atoms with Crippen molar-refractivity contribution < 1.29 is 28.7 Å². The smallest absolute Gasteiger partial charge is 0.325 e. The molecule has 1 aromatic carbocycles. The molecule has 0 radical (unpaired) electrons. The maximum absolute atomic E-state index is 12.1. The van der Waals surface area contributed by atoms with Gasteiger partial charge in [-0.25, -0.2) is 0 Å². The molecular formula is C17H23N3O6. The number of amides is 3. The zero-order valence-corrected chi connectivity index (χ0v) is 14.8. The summed E-state index contributed by atoms with van der Waals surface area (Å²) in [5.74, 6) is -1.82. The van der Waals surface area contributed by atoms with Crippen LogP contribution in [-0.2, 0) is 19.1 Å². The third-order valence-electron chi connectivity index (χ3n) is 3.01. The average Bonchev–Trinajstić information content (AvgIpc) is 2.63. The maximum atomic E-state index is 12.1. The van der Waals surface area contributed by atoms with E-state index < -0.39 is 30.9 Å². The lowest BCUT2D eigenvalue weighted by Crippen LogP contribution is -2.39. The molecule has 3 N–H and O–H groups in total. The summed E-state index contributed by atoms with van der Waals surface area (Å²) < 4.78 is 10.1. The molecule has 0 bridgehead atoms. The fourth-order valence-corrected chi connectivity index (χ4v) is 1.87. The van der Waals surface area contributed by atoms with Crippen molar-refractivity contribution in [1.82, 2.24) is 16.0 Å². The minimum atomic E-state index is -0.777. The molecule has 0 aliphatic heterocycles. The molecule has 0 spiro atoms. The summed E-state index contributed by atoms with van der Waals surface area (Å²) in [6.07, 6.45) is 0. The molecule has 3 amide bonds. The van der Waals surface area contributed by atoms with Gasteiger partial charge in [0.15, 0.2) is 6.61 Å². The fourth-order valence-electron chi connectivity index (χ4n) is 1.87. The van der Waals surface area contributed by atoms with Crippen LogP contribution in [0.5, 0.6) is 5.75 Å². The van der Waals surface area contributed by atoms with Crippen LogP contribution < -0.4 is 20.7 Å². The molecule has 0 aliphatic rings. The Hall–Kier alpha value is -3.10. The molecule has 26 heavy (non-hydrogen) atoms. The van der Waals surface area contributed by atoms with Crippen LogP contribution in [0, 0.1) is 0 Å². The first kappa shape index (κ1) is 20.9. The first-order chi connectivity index (χ1) is 12.5. The van der Waals surface area contributed by atoms with Crippen LogP contribution in [0.3, 0.4) is 0 Å². The van der Waals surface area contributed by atoms with E-state index in [1.54, 1.807) is 38.1 Å². The van der Waals surface area contributed by atoms with Crippen LogP contribution in [0.15, 0.2) is 24.3 Å². The standard InChI is InChI=1S/C17H23N3O6/c1-3-18-14(21)9-19-15(22)11-26-16(23)10-20-17(24)12-7-5-6-8-13(12)25-4-2/h5-8H,3-4,9-11H2,1-2H3,(H,18,21)(H,19,22)(H,20,24). The summed E-state index contributed by atoms with van der Waals surface area (Å²) >= 11 is 0. The number of hydrogen-bond acceptors (Lipinski definition) is 6. The Morgan fingerprint density at radius 2 is 1.65 bits per heavy atom. The van der Waals surface area contributed by atoms with Crippen LogP contribution in [0.1, 0.15) is 24.2 Å². The van der Waals surface area contributed by atoms with E-state index in [1.807, 2.05) is 0 Å². The van der Waals surface area contributed by atoms with Gasteiger partial charge in [-0.1, -0.05) is 12.1 Å².